The topological polar surface area (TPSA) is 72.6 Å². The Labute approximate surface area is 78.9 Å². The first-order valence-electron chi connectivity index (χ1n) is 3.88. The molecule has 2 heterocycles. The van der Waals surface area contributed by atoms with Crippen molar-refractivity contribution in [2.45, 2.75) is 0 Å². The summed E-state index contributed by atoms with van der Waals surface area (Å²) in [7, 11) is 1.47. The molecule has 0 saturated carbocycles. The summed E-state index contributed by atoms with van der Waals surface area (Å²) in [5, 5.41) is 9.26. The summed E-state index contributed by atoms with van der Waals surface area (Å²) in [5.74, 6) is -0.867. The van der Waals surface area contributed by atoms with Gasteiger partial charge in [-0.2, -0.15) is 0 Å². The molecule has 5 nitrogen and oxygen atoms in total. The van der Waals surface area contributed by atoms with Gasteiger partial charge in [0.1, 0.15) is 5.58 Å². The maximum absolute atomic E-state index is 10.6. The van der Waals surface area contributed by atoms with Crippen molar-refractivity contribution in [3.63, 3.8) is 0 Å². The summed E-state index contributed by atoms with van der Waals surface area (Å²) in [6, 6.07) is 2.98. The predicted molar refractivity (Wildman–Crippen MR) is 47.5 cm³/mol. The quantitative estimate of drug-likeness (QED) is 0.782. The fraction of sp³-hybridized carbons (Fsp3) is 0.111. The first-order valence-corrected chi connectivity index (χ1v) is 3.88. The second-order valence-electron chi connectivity index (χ2n) is 2.65. The molecule has 0 unspecified atom stereocenters. The van der Waals surface area contributed by atoms with Crippen LogP contribution in [0, 0.1) is 0 Å². The maximum atomic E-state index is 10.6. The number of hydrogen-bond acceptors (Lipinski definition) is 4. The van der Waals surface area contributed by atoms with Crippen LogP contribution in [-0.2, 0) is 0 Å². The Balaban J connectivity index is 2.70. The number of aromatic carboxylic acids is 1. The summed E-state index contributed by atoms with van der Waals surface area (Å²) >= 11 is 0. The largest absolute Gasteiger partial charge is 0.480 e. The summed E-state index contributed by atoms with van der Waals surface area (Å²) in [4.78, 5) is 14.5. The minimum Gasteiger partial charge on any atom is -0.480 e. The van der Waals surface area contributed by atoms with Crippen LogP contribution in [0.5, 0.6) is 5.88 Å². The molecule has 1 N–H and O–H groups in total. The highest BCUT2D eigenvalue weighted by Gasteiger charge is 2.13. The van der Waals surface area contributed by atoms with E-state index in [1.807, 2.05) is 0 Å². The van der Waals surface area contributed by atoms with Gasteiger partial charge in [-0.3, -0.25) is 0 Å². The van der Waals surface area contributed by atoms with Gasteiger partial charge >= 0.3 is 5.97 Å². The Hall–Kier alpha value is -2.04. The summed E-state index contributed by atoms with van der Waals surface area (Å²) in [6.07, 6.45) is 1.50. The molecular weight excluding hydrogens is 186 g/mol. The second kappa shape index (κ2) is 3.02. The minimum absolute atomic E-state index is 0.119. The Morgan fingerprint density at radius 3 is 3.07 bits per heavy atom. The molecule has 0 atom stereocenters. The van der Waals surface area contributed by atoms with Gasteiger partial charge in [0.25, 0.3) is 0 Å². The molecule has 2 rings (SSSR count). The number of nitrogens with zero attached hydrogens (tertiary/aromatic N) is 1. The molecule has 0 aliphatic carbocycles. The fourth-order valence-corrected chi connectivity index (χ4v) is 1.21. The smallest absolute Gasteiger partial charge is 0.371 e. The van der Waals surface area contributed by atoms with Crippen LogP contribution in [0.25, 0.3) is 11.0 Å². The Bertz CT molecular complexity index is 489. The molecule has 0 fully saturated rings. The monoisotopic (exact) mass is 193 g/mol. The van der Waals surface area contributed by atoms with Crippen LogP contribution in [0.3, 0.4) is 0 Å². The third kappa shape index (κ3) is 1.19. The zero-order chi connectivity index (χ0) is 10.1. The molecule has 14 heavy (non-hydrogen) atoms. The Morgan fingerprint density at radius 1 is 1.64 bits per heavy atom. The summed E-state index contributed by atoms with van der Waals surface area (Å²) < 4.78 is 10.0. The molecule has 0 saturated heterocycles. The number of ether oxygens (including phenoxy) is 1. The van der Waals surface area contributed by atoms with E-state index in [9.17, 15) is 4.79 Å². The van der Waals surface area contributed by atoms with Gasteiger partial charge in [0, 0.05) is 18.3 Å². The number of furan rings is 1. The van der Waals surface area contributed by atoms with Gasteiger partial charge in [0.2, 0.25) is 11.6 Å². The molecule has 0 spiro atoms. The van der Waals surface area contributed by atoms with E-state index >= 15 is 0 Å². The fourth-order valence-electron chi connectivity index (χ4n) is 1.21. The number of fused-ring (bicyclic) bond motifs is 1. The molecule has 0 aromatic carbocycles. The van der Waals surface area contributed by atoms with E-state index in [4.69, 9.17) is 14.3 Å². The molecule has 0 amide bonds. The number of aromatic nitrogens is 1. The standard InChI is InChI=1S/C9H7NO4/c1-13-8-5-4-7(9(11)12)14-6(5)2-3-10-8/h2-4H,1H3,(H,11,12). The van der Waals surface area contributed by atoms with Gasteiger partial charge in [-0.1, -0.05) is 0 Å². The molecule has 2 aromatic rings. The van der Waals surface area contributed by atoms with Crippen LogP contribution >= 0.6 is 0 Å². The van der Waals surface area contributed by atoms with Gasteiger partial charge in [0.05, 0.1) is 12.5 Å². The molecule has 2 aromatic heterocycles. The number of rotatable bonds is 2. The first-order chi connectivity index (χ1) is 6.72. The van der Waals surface area contributed by atoms with Crippen LogP contribution in [0.15, 0.2) is 22.7 Å². The van der Waals surface area contributed by atoms with Gasteiger partial charge in [0.15, 0.2) is 0 Å². The molecule has 5 heteroatoms. The number of carboxylic acid groups (broad SMARTS) is 1. The van der Waals surface area contributed by atoms with Gasteiger partial charge in [-0.05, 0) is 0 Å². The highest BCUT2D eigenvalue weighted by Crippen LogP contribution is 2.25. The van der Waals surface area contributed by atoms with Crippen molar-refractivity contribution in [2.24, 2.45) is 0 Å². The lowest BCUT2D eigenvalue weighted by Crippen LogP contribution is -1.91. The van der Waals surface area contributed by atoms with Crippen LogP contribution in [0.2, 0.25) is 0 Å². The number of carboxylic acids is 1. The van der Waals surface area contributed by atoms with Crippen LogP contribution in [0.4, 0.5) is 0 Å². The van der Waals surface area contributed by atoms with E-state index in [0.29, 0.717) is 16.8 Å². The Kier molecular flexibility index (Phi) is 1.85. The van der Waals surface area contributed by atoms with Crippen molar-refractivity contribution in [2.75, 3.05) is 7.11 Å². The van der Waals surface area contributed by atoms with Crippen LogP contribution in [0.1, 0.15) is 10.6 Å². The molecule has 0 radical (unpaired) electrons. The van der Waals surface area contributed by atoms with E-state index in [-0.39, 0.29) is 5.76 Å². The van der Waals surface area contributed by atoms with Crippen molar-refractivity contribution in [1.82, 2.24) is 4.98 Å². The van der Waals surface area contributed by atoms with Crippen LogP contribution < -0.4 is 4.74 Å². The number of hydrogen-bond donors (Lipinski definition) is 1. The lowest BCUT2D eigenvalue weighted by molar-refractivity contribution is 0.0665. The van der Waals surface area contributed by atoms with E-state index in [0.717, 1.165) is 0 Å². The zero-order valence-electron chi connectivity index (χ0n) is 7.35. The highest BCUT2D eigenvalue weighted by molar-refractivity contribution is 5.93. The second-order valence-corrected chi connectivity index (χ2v) is 2.65. The minimum atomic E-state index is -1.11. The van der Waals surface area contributed by atoms with E-state index in [1.165, 1.54) is 19.4 Å². The lowest BCUT2D eigenvalue weighted by Gasteiger charge is -1.96. The van der Waals surface area contributed by atoms with Crippen molar-refractivity contribution in [3.8, 4) is 5.88 Å². The van der Waals surface area contributed by atoms with E-state index in [1.54, 1.807) is 6.07 Å². The van der Waals surface area contributed by atoms with Crippen molar-refractivity contribution in [1.29, 1.82) is 0 Å². The Morgan fingerprint density at radius 2 is 2.43 bits per heavy atom. The average molecular weight is 193 g/mol. The van der Waals surface area contributed by atoms with Gasteiger partial charge < -0.3 is 14.3 Å². The van der Waals surface area contributed by atoms with Crippen molar-refractivity contribution >= 4 is 16.9 Å². The molecule has 0 aliphatic rings. The summed E-state index contributed by atoms with van der Waals surface area (Å²) in [5.41, 5.74) is 0.453. The first kappa shape index (κ1) is 8.55. The van der Waals surface area contributed by atoms with Gasteiger partial charge in [-0.25, -0.2) is 9.78 Å². The van der Waals surface area contributed by atoms with Crippen LogP contribution in [-0.4, -0.2) is 23.2 Å². The normalized spacial score (nSPS) is 10.4. The number of carbonyl (C=O) groups is 1. The van der Waals surface area contributed by atoms with E-state index < -0.39 is 5.97 Å². The predicted octanol–water partition coefficient (Wildman–Crippen LogP) is 1.53. The summed E-state index contributed by atoms with van der Waals surface area (Å²) in [6.45, 7) is 0. The number of pyridine rings is 1. The van der Waals surface area contributed by atoms with E-state index in [2.05, 4.69) is 4.98 Å². The number of methoxy groups -OCH3 is 1. The third-order valence-electron chi connectivity index (χ3n) is 1.81. The van der Waals surface area contributed by atoms with Crippen molar-refractivity contribution in [3.05, 3.63) is 24.1 Å². The molecule has 72 valence electrons. The van der Waals surface area contributed by atoms with Gasteiger partial charge in [-0.15, -0.1) is 0 Å². The van der Waals surface area contributed by atoms with Crippen molar-refractivity contribution < 1.29 is 19.1 Å². The SMILES string of the molecule is COc1nccc2oc(C(=O)O)cc12. The average Bonchev–Trinajstić information content (AvgIpc) is 2.60. The highest BCUT2D eigenvalue weighted by atomic mass is 16.5. The third-order valence-corrected chi connectivity index (χ3v) is 1.81. The maximum Gasteiger partial charge on any atom is 0.371 e. The molecular formula is C9H7NO4. The molecule has 0 bridgehead atoms. The molecule has 0 aliphatic heterocycles. The lowest BCUT2D eigenvalue weighted by atomic mass is 10.3. The zero-order valence-corrected chi connectivity index (χ0v) is 7.35.